The summed E-state index contributed by atoms with van der Waals surface area (Å²) in [5.74, 6) is 0. The van der Waals surface area contributed by atoms with Crippen molar-refractivity contribution in [2.45, 2.75) is 0 Å². The summed E-state index contributed by atoms with van der Waals surface area (Å²) in [5.41, 5.74) is 19.6. The second kappa shape index (κ2) is 18.7. The molecule has 0 radical (unpaired) electrons. The molecule has 8 aromatic carbocycles. The van der Waals surface area contributed by atoms with Gasteiger partial charge in [-0.3, -0.25) is 0 Å². The van der Waals surface area contributed by atoms with Gasteiger partial charge in [0.05, 0.1) is 0 Å². The van der Waals surface area contributed by atoms with Crippen molar-refractivity contribution < 1.29 is 0 Å². The molecular formula is C64H60N4Si. The van der Waals surface area contributed by atoms with Crippen LogP contribution in [0.1, 0.15) is 44.5 Å². The Morgan fingerprint density at radius 2 is 0.406 bits per heavy atom. The Hall–Kier alpha value is -7.86. The van der Waals surface area contributed by atoms with E-state index < -0.39 is 8.07 Å². The minimum Gasteiger partial charge on any atom is -0.378 e. The zero-order valence-corrected chi connectivity index (χ0v) is 42.1. The van der Waals surface area contributed by atoms with Crippen molar-refractivity contribution in [2.75, 3.05) is 76.0 Å². The van der Waals surface area contributed by atoms with E-state index in [2.05, 4.69) is 294 Å². The zero-order chi connectivity index (χ0) is 47.8. The summed E-state index contributed by atoms with van der Waals surface area (Å²) in [6.07, 6.45) is 18.0. The number of fused-ring (bicyclic) bond motifs is 10. The van der Waals surface area contributed by atoms with Gasteiger partial charge >= 0.3 is 0 Å². The molecule has 8 aromatic rings. The molecule has 2 heterocycles. The maximum absolute atomic E-state index is 2.77. The molecule has 0 saturated carbocycles. The van der Waals surface area contributed by atoms with Crippen molar-refractivity contribution >= 4 is 100 Å². The molecule has 10 rings (SSSR count). The molecule has 0 atom stereocenters. The molecule has 340 valence electrons. The fraction of sp³-hybridized carbons (Fsp3) is 0.125. The minimum absolute atomic E-state index is 1.18. The highest BCUT2D eigenvalue weighted by Gasteiger charge is 2.54. The Morgan fingerprint density at radius 3 is 0.594 bits per heavy atom. The fourth-order valence-corrected chi connectivity index (χ4v) is 15.6. The third kappa shape index (κ3) is 8.78. The lowest BCUT2D eigenvalue weighted by Gasteiger charge is -2.28. The van der Waals surface area contributed by atoms with Crippen LogP contribution in [0.3, 0.4) is 0 Å². The van der Waals surface area contributed by atoms with Crippen molar-refractivity contribution in [3.8, 4) is 22.3 Å². The minimum atomic E-state index is -2.77. The molecule has 2 aliphatic heterocycles. The first-order valence-electron chi connectivity index (χ1n) is 23.9. The normalized spacial score (nSPS) is 13.1. The molecule has 0 unspecified atom stereocenters. The summed E-state index contributed by atoms with van der Waals surface area (Å²) < 4.78 is 0. The van der Waals surface area contributed by atoms with Crippen LogP contribution in [0.25, 0.3) is 70.9 Å². The van der Waals surface area contributed by atoms with E-state index in [1.54, 1.807) is 0 Å². The molecule has 0 aliphatic carbocycles. The van der Waals surface area contributed by atoms with Gasteiger partial charge < -0.3 is 19.6 Å². The number of hydrogen-bond donors (Lipinski definition) is 0. The van der Waals surface area contributed by atoms with Crippen LogP contribution >= 0.6 is 0 Å². The van der Waals surface area contributed by atoms with Crippen LogP contribution < -0.4 is 40.3 Å². The largest absolute Gasteiger partial charge is 0.378 e. The van der Waals surface area contributed by atoms with E-state index >= 15 is 0 Å². The van der Waals surface area contributed by atoms with Crippen molar-refractivity contribution in [1.29, 1.82) is 0 Å². The molecule has 1 spiro atoms. The van der Waals surface area contributed by atoms with Gasteiger partial charge in [0.2, 0.25) is 0 Å². The standard InChI is InChI=1S/C64H60N4Si/c1-65(2)53-29-17-45(18-30-53)9-13-49-25-37-61-57(41-49)58-42-50(14-10-46-19-31-54(32-20-46)66(3)4)26-38-62(58)69(61)63-39-27-51(15-11-47-21-33-55(34-22-47)67(5)6)43-59(63)60-44-52(28-40-64(60)69)16-12-48-23-35-56(36-24-48)68(7)8/h9-44H,1-8H3/b13-9+,14-10+,15-11+,16-12+. The number of benzene rings is 8. The highest BCUT2D eigenvalue weighted by Crippen LogP contribution is 2.38. The summed E-state index contributed by atoms with van der Waals surface area (Å²) in [7, 11) is 13.9. The van der Waals surface area contributed by atoms with Gasteiger partial charge in [-0.15, -0.1) is 0 Å². The number of anilines is 4. The van der Waals surface area contributed by atoms with E-state index in [0.29, 0.717) is 0 Å². The predicted octanol–water partition coefficient (Wildman–Crippen LogP) is 12.0. The van der Waals surface area contributed by atoms with Crippen LogP contribution in [0.5, 0.6) is 0 Å². The topological polar surface area (TPSA) is 13.0 Å². The lowest BCUT2D eigenvalue weighted by atomic mass is 10.00. The summed E-state index contributed by atoms with van der Waals surface area (Å²) >= 11 is 0. The summed E-state index contributed by atoms with van der Waals surface area (Å²) in [6.45, 7) is 0. The molecule has 2 aliphatic rings. The van der Waals surface area contributed by atoms with E-state index in [1.165, 1.54) is 110 Å². The summed E-state index contributed by atoms with van der Waals surface area (Å²) in [4.78, 5) is 8.56. The lowest BCUT2D eigenvalue weighted by molar-refractivity contribution is 1.13. The smallest absolute Gasteiger partial charge is 0.182 e. The molecule has 0 aromatic heterocycles. The van der Waals surface area contributed by atoms with E-state index in [-0.39, 0.29) is 0 Å². The maximum Gasteiger partial charge on any atom is 0.182 e. The number of rotatable bonds is 12. The average molecular weight is 913 g/mol. The van der Waals surface area contributed by atoms with Crippen LogP contribution in [0.2, 0.25) is 0 Å². The van der Waals surface area contributed by atoms with Crippen LogP contribution in [0, 0.1) is 0 Å². The van der Waals surface area contributed by atoms with Crippen molar-refractivity contribution in [3.63, 3.8) is 0 Å². The van der Waals surface area contributed by atoms with Crippen LogP contribution in [-0.2, 0) is 0 Å². The van der Waals surface area contributed by atoms with Crippen LogP contribution in [-0.4, -0.2) is 64.5 Å². The predicted molar refractivity (Wildman–Crippen MR) is 307 cm³/mol. The van der Waals surface area contributed by atoms with E-state index in [4.69, 9.17) is 0 Å². The van der Waals surface area contributed by atoms with Gasteiger partial charge in [0, 0.05) is 79.1 Å². The molecule has 0 N–H and O–H groups in total. The molecule has 0 bridgehead atoms. The molecule has 4 nitrogen and oxygen atoms in total. The first kappa shape index (κ1) is 44.9. The van der Waals surface area contributed by atoms with E-state index in [9.17, 15) is 0 Å². The van der Waals surface area contributed by atoms with Gasteiger partial charge in [-0.05, 0) is 160 Å². The molecule has 0 amide bonds. The second-order valence-corrected chi connectivity index (χ2v) is 22.9. The molecule has 69 heavy (non-hydrogen) atoms. The van der Waals surface area contributed by atoms with Crippen molar-refractivity contribution in [1.82, 2.24) is 0 Å². The highest BCUT2D eigenvalue weighted by molar-refractivity contribution is 7.24. The lowest BCUT2D eigenvalue weighted by Crippen LogP contribution is -2.70. The maximum atomic E-state index is 2.47. The summed E-state index contributed by atoms with van der Waals surface area (Å²) in [6, 6.07) is 64.1. The summed E-state index contributed by atoms with van der Waals surface area (Å²) in [5, 5.41) is 5.83. The van der Waals surface area contributed by atoms with Crippen LogP contribution in [0.15, 0.2) is 170 Å². The highest BCUT2D eigenvalue weighted by atomic mass is 28.3. The second-order valence-electron chi connectivity index (χ2n) is 19.2. The zero-order valence-electron chi connectivity index (χ0n) is 41.1. The molecule has 5 heteroatoms. The average Bonchev–Trinajstić information content (AvgIpc) is 3.82. The Labute approximate surface area is 410 Å². The Balaban J connectivity index is 1.11. The van der Waals surface area contributed by atoms with Gasteiger partial charge in [-0.2, -0.15) is 0 Å². The Morgan fingerprint density at radius 1 is 0.232 bits per heavy atom. The van der Waals surface area contributed by atoms with Crippen molar-refractivity contribution in [2.24, 2.45) is 0 Å². The number of nitrogens with zero attached hydrogens (tertiary/aromatic N) is 4. The van der Waals surface area contributed by atoms with Gasteiger partial charge in [0.15, 0.2) is 8.07 Å². The first-order valence-corrected chi connectivity index (χ1v) is 25.9. The third-order valence-corrected chi connectivity index (χ3v) is 18.9. The molecule has 0 saturated heterocycles. The number of hydrogen-bond acceptors (Lipinski definition) is 4. The van der Waals surface area contributed by atoms with Gasteiger partial charge in [-0.25, -0.2) is 0 Å². The van der Waals surface area contributed by atoms with Gasteiger partial charge in [0.1, 0.15) is 0 Å². The first-order chi connectivity index (χ1) is 33.4. The fourth-order valence-electron chi connectivity index (χ4n) is 10.0. The SMILES string of the molecule is CN(C)c1ccc(/C=C/c2ccc3c(c2)-c2cc(/C=C/c4ccc(N(C)C)cc4)ccc2[Si]32c3ccc(/C=C/c4ccc(N(C)C)cc4)cc3-c3cc(/C=C/c4ccc(N(C)C)cc4)ccc32)cc1. The molecule has 0 fully saturated rings. The van der Waals surface area contributed by atoms with Crippen molar-refractivity contribution in [3.05, 3.63) is 214 Å². The van der Waals surface area contributed by atoms with Crippen LogP contribution in [0.4, 0.5) is 22.7 Å². The van der Waals surface area contributed by atoms with E-state index in [1.807, 2.05) is 0 Å². The third-order valence-electron chi connectivity index (χ3n) is 13.9. The van der Waals surface area contributed by atoms with Gasteiger partial charge in [0.25, 0.3) is 0 Å². The Bertz CT molecular complexity index is 2850. The Kier molecular flexibility index (Phi) is 12.2. The molecular weight excluding hydrogens is 853 g/mol. The quantitative estimate of drug-likeness (QED) is 0.0894. The monoisotopic (exact) mass is 912 g/mol. The van der Waals surface area contributed by atoms with E-state index in [0.717, 1.165) is 0 Å². The van der Waals surface area contributed by atoms with Gasteiger partial charge in [-0.1, -0.05) is 146 Å².